The highest BCUT2D eigenvalue weighted by molar-refractivity contribution is 6.30. The predicted molar refractivity (Wildman–Crippen MR) is 108 cm³/mol. The van der Waals surface area contributed by atoms with Crippen LogP contribution in [0.25, 0.3) is 22.0 Å². The fourth-order valence-corrected chi connectivity index (χ4v) is 3.34. The summed E-state index contributed by atoms with van der Waals surface area (Å²) in [5.74, 6) is 0.613. The zero-order valence-electron chi connectivity index (χ0n) is 14.2. The van der Waals surface area contributed by atoms with Crippen molar-refractivity contribution >= 4 is 34.2 Å². The van der Waals surface area contributed by atoms with Gasteiger partial charge in [0.05, 0.1) is 5.52 Å². The molecule has 1 aromatic heterocycles. The third-order valence-corrected chi connectivity index (χ3v) is 4.76. The molecular weight excluding hydrogens is 344 g/mol. The van der Waals surface area contributed by atoms with Crippen LogP contribution in [0.3, 0.4) is 0 Å². The number of aromatic nitrogens is 1. The molecule has 0 unspecified atom stereocenters. The van der Waals surface area contributed by atoms with Crippen LogP contribution in [0.5, 0.6) is 0 Å². The summed E-state index contributed by atoms with van der Waals surface area (Å²) in [6, 6.07) is 25.1. The molecule has 1 N–H and O–H groups in total. The molecule has 0 radical (unpaired) electrons. The minimum atomic E-state index is -0.162. The van der Waals surface area contributed by atoms with Crippen LogP contribution >= 0.6 is 11.6 Å². The number of fused-ring (bicyclic) bond motifs is 1. The van der Waals surface area contributed by atoms with Gasteiger partial charge in [-0.05, 0) is 35.9 Å². The number of carbonyl (C=O) groups excluding carboxylic acids is 1. The molecule has 0 aliphatic heterocycles. The van der Waals surface area contributed by atoms with E-state index in [1.54, 1.807) is 24.3 Å². The Morgan fingerprint density at radius 3 is 2.27 bits per heavy atom. The van der Waals surface area contributed by atoms with Gasteiger partial charge in [-0.1, -0.05) is 60.1 Å². The Hall–Kier alpha value is -3.04. The fraction of sp³-hybridized carbons (Fsp3) is 0.0455. The summed E-state index contributed by atoms with van der Waals surface area (Å²) < 4.78 is 2.02. The number of amides is 1. The molecule has 0 saturated heterocycles. The zero-order valence-corrected chi connectivity index (χ0v) is 15.0. The number of anilines is 1. The van der Waals surface area contributed by atoms with Crippen LogP contribution in [-0.4, -0.2) is 10.5 Å². The van der Waals surface area contributed by atoms with Crippen LogP contribution in [0.1, 0.15) is 10.4 Å². The van der Waals surface area contributed by atoms with Crippen LogP contribution in [0, 0.1) is 0 Å². The maximum absolute atomic E-state index is 12.8. The third kappa shape index (κ3) is 2.87. The van der Waals surface area contributed by atoms with E-state index < -0.39 is 0 Å². The number of carbonyl (C=O) groups is 1. The topological polar surface area (TPSA) is 34.0 Å². The second-order valence-corrected chi connectivity index (χ2v) is 6.56. The predicted octanol–water partition coefficient (Wildman–Crippen LogP) is 5.75. The summed E-state index contributed by atoms with van der Waals surface area (Å²) in [5, 5.41) is 4.80. The molecule has 26 heavy (non-hydrogen) atoms. The zero-order chi connectivity index (χ0) is 18.1. The van der Waals surface area contributed by atoms with Gasteiger partial charge in [0.25, 0.3) is 5.91 Å². The van der Waals surface area contributed by atoms with Gasteiger partial charge < -0.3 is 9.88 Å². The van der Waals surface area contributed by atoms with E-state index in [0.29, 0.717) is 10.6 Å². The van der Waals surface area contributed by atoms with Crippen molar-refractivity contribution in [2.24, 2.45) is 7.05 Å². The maximum Gasteiger partial charge on any atom is 0.256 e. The Labute approximate surface area is 156 Å². The summed E-state index contributed by atoms with van der Waals surface area (Å²) in [4.78, 5) is 12.8. The van der Waals surface area contributed by atoms with Crippen LogP contribution in [-0.2, 0) is 7.05 Å². The highest BCUT2D eigenvalue weighted by Crippen LogP contribution is 2.38. The Kier molecular flexibility index (Phi) is 4.23. The molecule has 0 aliphatic rings. The number of nitrogens with zero attached hydrogens (tertiary/aromatic N) is 1. The van der Waals surface area contributed by atoms with E-state index >= 15 is 0 Å². The molecule has 128 valence electrons. The lowest BCUT2D eigenvalue weighted by molar-refractivity contribution is 0.102. The molecule has 0 saturated carbocycles. The number of halogens is 1. The van der Waals surface area contributed by atoms with Crippen LogP contribution < -0.4 is 5.32 Å². The highest BCUT2D eigenvalue weighted by atomic mass is 35.5. The van der Waals surface area contributed by atoms with Gasteiger partial charge in [0.15, 0.2) is 0 Å². The van der Waals surface area contributed by atoms with Crippen LogP contribution in [0.2, 0.25) is 5.02 Å². The number of rotatable bonds is 3. The Morgan fingerprint density at radius 1 is 0.885 bits per heavy atom. The Morgan fingerprint density at radius 2 is 1.54 bits per heavy atom. The Balaban J connectivity index is 1.85. The minimum Gasteiger partial charge on any atom is -0.330 e. The van der Waals surface area contributed by atoms with Gasteiger partial charge in [-0.15, -0.1) is 0 Å². The summed E-state index contributed by atoms with van der Waals surface area (Å²) in [5.41, 5.74) is 3.72. The monoisotopic (exact) mass is 360 g/mol. The molecule has 3 aromatic carbocycles. The average Bonchev–Trinajstić information content (AvgIpc) is 2.95. The van der Waals surface area contributed by atoms with Gasteiger partial charge in [-0.3, -0.25) is 4.79 Å². The van der Waals surface area contributed by atoms with Gasteiger partial charge in [0.1, 0.15) is 5.82 Å². The smallest absolute Gasteiger partial charge is 0.256 e. The van der Waals surface area contributed by atoms with E-state index in [2.05, 4.69) is 29.6 Å². The van der Waals surface area contributed by atoms with Crippen molar-refractivity contribution in [3.05, 3.63) is 89.4 Å². The summed E-state index contributed by atoms with van der Waals surface area (Å²) in [6.07, 6.45) is 0. The van der Waals surface area contributed by atoms with Crippen molar-refractivity contribution in [3.63, 3.8) is 0 Å². The first-order chi connectivity index (χ1) is 12.6. The van der Waals surface area contributed by atoms with Crippen molar-refractivity contribution in [2.45, 2.75) is 0 Å². The molecule has 0 spiro atoms. The van der Waals surface area contributed by atoms with E-state index in [1.165, 1.54) is 0 Å². The second kappa shape index (κ2) is 6.70. The molecule has 0 aliphatic carbocycles. The molecule has 0 atom stereocenters. The van der Waals surface area contributed by atoms with Gasteiger partial charge in [-0.2, -0.15) is 0 Å². The first-order valence-corrected chi connectivity index (χ1v) is 8.72. The molecule has 1 amide bonds. The van der Waals surface area contributed by atoms with Crippen molar-refractivity contribution in [1.82, 2.24) is 4.57 Å². The number of hydrogen-bond acceptors (Lipinski definition) is 1. The number of para-hydroxylation sites is 1. The van der Waals surface area contributed by atoms with E-state index in [9.17, 15) is 4.79 Å². The molecule has 1 heterocycles. The molecule has 0 fully saturated rings. The van der Waals surface area contributed by atoms with Crippen molar-refractivity contribution in [3.8, 4) is 11.1 Å². The lowest BCUT2D eigenvalue weighted by atomic mass is 10.0. The first kappa shape index (κ1) is 16.4. The first-order valence-electron chi connectivity index (χ1n) is 8.35. The lowest BCUT2D eigenvalue weighted by Gasteiger charge is -2.10. The molecule has 0 bridgehead atoms. The van der Waals surface area contributed by atoms with Gasteiger partial charge in [0.2, 0.25) is 0 Å². The number of benzene rings is 3. The van der Waals surface area contributed by atoms with E-state index in [-0.39, 0.29) is 5.91 Å². The van der Waals surface area contributed by atoms with Crippen molar-refractivity contribution in [2.75, 3.05) is 5.32 Å². The van der Waals surface area contributed by atoms with Crippen molar-refractivity contribution in [1.29, 1.82) is 0 Å². The van der Waals surface area contributed by atoms with E-state index in [1.807, 2.05) is 41.9 Å². The normalized spacial score (nSPS) is 10.8. The summed E-state index contributed by atoms with van der Waals surface area (Å²) in [6.45, 7) is 0. The van der Waals surface area contributed by atoms with E-state index in [4.69, 9.17) is 11.6 Å². The second-order valence-electron chi connectivity index (χ2n) is 6.13. The number of aryl methyl sites for hydroxylation is 1. The average molecular weight is 361 g/mol. The standard InChI is InChI=1S/C22H17ClN2O/c1-25-19-10-6-5-9-18(19)20(15-7-3-2-4-8-15)21(25)24-22(26)16-11-13-17(23)14-12-16/h2-14H,1H3,(H,24,26). The van der Waals surface area contributed by atoms with Gasteiger partial charge in [-0.25, -0.2) is 0 Å². The molecule has 4 heteroatoms. The molecular formula is C22H17ClN2O. The lowest BCUT2D eigenvalue weighted by Crippen LogP contribution is -2.14. The SMILES string of the molecule is Cn1c(NC(=O)c2ccc(Cl)cc2)c(-c2ccccc2)c2ccccc21. The number of nitrogens with one attached hydrogen (secondary N) is 1. The third-order valence-electron chi connectivity index (χ3n) is 4.51. The molecule has 4 rings (SSSR count). The summed E-state index contributed by atoms with van der Waals surface area (Å²) >= 11 is 5.92. The van der Waals surface area contributed by atoms with Gasteiger partial charge >= 0.3 is 0 Å². The minimum absolute atomic E-state index is 0.162. The van der Waals surface area contributed by atoms with Crippen LogP contribution in [0.4, 0.5) is 5.82 Å². The molecule has 4 aromatic rings. The van der Waals surface area contributed by atoms with Crippen molar-refractivity contribution < 1.29 is 4.79 Å². The van der Waals surface area contributed by atoms with Gasteiger partial charge in [0, 0.05) is 28.6 Å². The maximum atomic E-state index is 12.8. The fourth-order valence-electron chi connectivity index (χ4n) is 3.22. The summed E-state index contributed by atoms with van der Waals surface area (Å²) in [7, 11) is 1.96. The molecule has 3 nitrogen and oxygen atoms in total. The largest absolute Gasteiger partial charge is 0.330 e. The highest BCUT2D eigenvalue weighted by Gasteiger charge is 2.18. The quantitative estimate of drug-likeness (QED) is 0.495. The number of hydrogen-bond donors (Lipinski definition) is 1. The Bertz CT molecular complexity index is 1080. The van der Waals surface area contributed by atoms with E-state index in [0.717, 1.165) is 27.8 Å². The van der Waals surface area contributed by atoms with Crippen LogP contribution in [0.15, 0.2) is 78.9 Å².